The summed E-state index contributed by atoms with van der Waals surface area (Å²) in [4.78, 5) is 12.4. The van der Waals surface area contributed by atoms with Crippen LogP contribution in [-0.2, 0) is 4.79 Å². The van der Waals surface area contributed by atoms with Gasteiger partial charge in [0.05, 0.1) is 18.8 Å². The van der Waals surface area contributed by atoms with E-state index in [0.29, 0.717) is 12.8 Å². The van der Waals surface area contributed by atoms with Crippen molar-refractivity contribution < 1.29 is 15.0 Å². The van der Waals surface area contributed by atoms with E-state index in [0.717, 1.165) is 25.7 Å². The summed E-state index contributed by atoms with van der Waals surface area (Å²) < 4.78 is 0. The number of carbonyl (C=O) groups excluding carboxylic acids is 1. The first-order valence-corrected chi connectivity index (χ1v) is 21.2. The van der Waals surface area contributed by atoms with E-state index in [2.05, 4.69) is 19.2 Å². The summed E-state index contributed by atoms with van der Waals surface area (Å²) in [6.07, 6.45) is 46.0. The molecule has 0 fully saturated rings. The Labute approximate surface area is 289 Å². The van der Waals surface area contributed by atoms with E-state index in [4.69, 9.17) is 0 Å². The predicted octanol–water partition coefficient (Wildman–Crippen LogP) is 12.9. The fourth-order valence-corrected chi connectivity index (χ4v) is 6.83. The Morgan fingerprint density at radius 1 is 0.435 bits per heavy atom. The molecular weight excluding hydrogens is 566 g/mol. The summed E-state index contributed by atoms with van der Waals surface area (Å²) in [6.45, 7) is 4.37. The summed E-state index contributed by atoms with van der Waals surface area (Å²) in [6, 6.07) is -0.528. The number of carbonyl (C=O) groups is 1. The minimum atomic E-state index is -0.652. The molecule has 0 bridgehead atoms. The molecule has 0 unspecified atom stereocenters. The molecule has 0 aromatic heterocycles. The third kappa shape index (κ3) is 34.7. The molecule has 0 rings (SSSR count). The second-order valence-electron chi connectivity index (χ2n) is 14.8. The molecule has 0 aliphatic carbocycles. The van der Waals surface area contributed by atoms with E-state index in [1.807, 2.05) is 0 Å². The molecule has 4 heteroatoms. The number of rotatable bonds is 39. The van der Waals surface area contributed by atoms with Gasteiger partial charge < -0.3 is 15.5 Å². The Bertz CT molecular complexity index is 583. The molecule has 46 heavy (non-hydrogen) atoms. The predicted molar refractivity (Wildman–Crippen MR) is 203 cm³/mol. The Hall–Kier alpha value is -0.610. The van der Waals surface area contributed by atoms with Crippen molar-refractivity contribution in [3.8, 4) is 0 Å². The van der Waals surface area contributed by atoms with Gasteiger partial charge in [0.15, 0.2) is 0 Å². The van der Waals surface area contributed by atoms with Crippen LogP contribution < -0.4 is 5.32 Å². The van der Waals surface area contributed by atoms with Gasteiger partial charge >= 0.3 is 0 Å². The highest BCUT2D eigenvalue weighted by Gasteiger charge is 2.20. The standard InChI is InChI=1S/C42H85NO3/c1-3-5-7-9-11-13-15-17-18-19-20-21-22-23-24-26-28-30-32-34-36-38-42(46)43-40(39-44)41(45)37-35-33-31-29-27-25-16-14-12-10-8-6-4-2/h40-41,44-45H,3-39H2,1-2H3,(H,43,46)/t40-,41+/m1/s1. The van der Waals surface area contributed by atoms with E-state index < -0.39 is 12.1 Å². The van der Waals surface area contributed by atoms with E-state index in [1.54, 1.807) is 0 Å². The molecule has 0 radical (unpaired) electrons. The molecule has 0 aromatic rings. The molecule has 0 aliphatic rings. The van der Waals surface area contributed by atoms with Gasteiger partial charge in [-0.25, -0.2) is 0 Å². The number of hydrogen-bond donors (Lipinski definition) is 3. The molecule has 0 saturated heterocycles. The summed E-state index contributed by atoms with van der Waals surface area (Å²) >= 11 is 0. The molecule has 4 nitrogen and oxygen atoms in total. The molecule has 0 aliphatic heterocycles. The van der Waals surface area contributed by atoms with Crippen molar-refractivity contribution in [1.29, 1.82) is 0 Å². The minimum Gasteiger partial charge on any atom is -0.394 e. The fourth-order valence-electron chi connectivity index (χ4n) is 6.83. The first-order chi connectivity index (χ1) is 22.7. The molecule has 276 valence electrons. The Balaban J connectivity index is 3.45. The van der Waals surface area contributed by atoms with E-state index in [-0.39, 0.29) is 12.5 Å². The first kappa shape index (κ1) is 45.4. The van der Waals surface area contributed by atoms with Crippen molar-refractivity contribution in [2.24, 2.45) is 0 Å². The molecule has 2 atom stereocenters. The van der Waals surface area contributed by atoms with E-state index in [9.17, 15) is 15.0 Å². The van der Waals surface area contributed by atoms with Gasteiger partial charge in [0.1, 0.15) is 0 Å². The largest absolute Gasteiger partial charge is 0.394 e. The Morgan fingerprint density at radius 3 is 0.978 bits per heavy atom. The summed E-state index contributed by atoms with van der Waals surface area (Å²) in [5, 5.41) is 23.1. The number of hydrogen-bond acceptors (Lipinski definition) is 3. The lowest BCUT2D eigenvalue weighted by molar-refractivity contribution is -0.123. The van der Waals surface area contributed by atoms with Crippen molar-refractivity contribution in [3.63, 3.8) is 0 Å². The number of amides is 1. The van der Waals surface area contributed by atoms with Crippen LogP contribution in [0.3, 0.4) is 0 Å². The average molecular weight is 652 g/mol. The quantitative estimate of drug-likeness (QED) is 0.0579. The SMILES string of the molecule is CCCCCCCCCCCCCCCCCCCCCCCC(=O)N[C@H](CO)[C@@H](O)CCCCCCCCCCCCCCC. The van der Waals surface area contributed by atoms with Gasteiger partial charge in [0, 0.05) is 6.42 Å². The zero-order valence-electron chi connectivity index (χ0n) is 31.6. The van der Waals surface area contributed by atoms with Crippen LogP contribution in [0.4, 0.5) is 0 Å². The van der Waals surface area contributed by atoms with Gasteiger partial charge in [-0.05, 0) is 12.8 Å². The topological polar surface area (TPSA) is 69.6 Å². The van der Waals surface area contributed by atoms with Crippen LogP contribution in [0.2, 0.25) is 0 Å². The highest BCUT2D eigenvalue weighted by molar-refractivity contribution is 5.76. The zero-order chi connectivity index (χ0) is 33.6. The van der Waals surface area contributed by atoms with Crippen LogP contribution in [0.5, 0.6) is 0 Å². The van der Waals surface area contributed by atoms with Crippen molar-refractivity contribution in [1.82, 2.24) is 5.32 Å². The average Bonchev–Trinajstić information content (AvgIpc) is 3.06. The molecule has 3 N–H and O–H groups in total. The zero-order valence-corrected chi connectivity index (χ0v) is 31.6. The minimum absolute atomic E-state index is 0.0266. The number of aliphatic hydroxyl groups excluding tert-OH is 2. The molecule has 0 aromatic carbocycles. The lowest BCUT2D eigenvalue weighted by atomic mass is 10.0. The van der Waals surface area contributed by atoms with E-state index >= 15 is 0 Å². The Morgan fingerprint density at radius 2 is 0.696 bits per heavy atom. The molecule has 1 amide bonds. The van der Waals surface area contributed by atoms with Gasteiger partial charge in [0.2, 0.25) is 5.91 Å². The Kier molecular flexibility index (Phi) is 38.3. The lowest BCUT2D eigenvalue weighted by Gasteiger charge is -2.22. The van der Waals surface area contributed by atoms with Crippen LogP contribution in [-0.4, -0.2) is 34.9 Å². The smallest absolute Gasteiger partial charge is 0.220 e. The van der Waals surface area contributed by atoms with Gasteiger partial charge in [-0.3, -0.25) is 4.79 Å². The van der Waals surface area contributed by atoms with Gasteiger partial charge in [-0.15, -0.1) is 0 Å². The fraction of sp³-hybridized carbons (Fsp3) is 0.976. The number of unbranched alkanes of at least 4 members (excludes halogenated alkanes) is 32. The van der Waals surface area contributed by atoms with Gasteiger partial charge in [0.25, 0.3) is 0 Å². The maximum Gasteiger partial charge on any atom is 0.220 e. The molecule has 0 spiro atoms. The van der Waals surface area contributed by atoms with Crippen molar-refractivity contribution >= 4 is 5.91 Å². The maximum atomic E-state index is 12.4. The van der Waals surface area contributed by atoms with E-state index in [1.165, 1.54) is 193 Å². The van der Waals surface area contributed by atoms with Crippen LogP contribution >= 0.6 is 0 Å². The van der Waals surface area contributed by atoms with Gasteiger partial charge in [-0.2, -0.15) is 0 Å². The van der Waals surface area contributed by atoms with Crippen molar-refractivity contribution in [2.45, 2.75) is 257 Å². The molecule has 0 heterocycles. The first-order valence-electron chi connectivity index (χ1n) is 21.2. The summed E-state index contributed by atoms with van der Waals surface area (Å²) in [5.41, 5.74) is 0. The molecule has 0 saturated carbocycles. The summed E-state index contributed by atoms with van der Waals surface area (Å²) in [5.74, 6) is -0.0266. The van der Waals surface area contributed by atoms with Crippen LogP contribution in [0.25, 0.3) is 0 Å². The van der Waals surface area contributed by atoms with Crippen LogP contribution in [0.15, 0.2) is 0 Å². The lowest BCUT2D eigenvalue weighted by Crippen LogP contribution is -2.45. The third-order valence-electron chi connectivity index (χ3n) is 10.1. The number of nitrogens with one attached hydrogen (secondary N) is 1. The normalized spacial score (nSPS) is 12.9. The van der Waals surface area contributed by atoms with Crippen molar-refractivity contribution in [2.75, 3.05) is 6.61 Å². The van der Waals surface area contributed by atoms with Crippen LogP contribution in [0, 0.1) is 0 Å². The molecular formula is C42H85NO3. The third-order valence-corrected chi connectivity index (χ3v) is 10.1. The van der Waals surface area contributed by atoms with Gasteiger partial charge in [-0.1, -0.05) is 226 Å². The second kappa shape index (κ2) is 38.8. The number of aliphatic hydroxyl groups is 2. The monoisotopic (exact) mass is 652 g/mol. The van der Waals surface area contributed by atoms with Crippen LogP contribution in [0.1, 0.15) is 245 Å². The van der Waals surface area contributed by atoms with Crippen molar-refractivity contribution in [3.05, 3.63) is 0 Å². The second-order valence-corrected chi connectivity index (χ2v) is 14.8. The highest BCUT2D eigenvalue weighted by atomic mass is 16.3. The maximum absolute atomic E-state index is 12.4. The highest BCUT2D eigenvalue weighted by Crippen LogP contribution is 2.17. The summed E-state index contributed by atoms with van der Waals surface area (Å²) in [7, 11) is 0.